The molecule has 0 spiro atoms. The standard InChI is InChI=1S/C21H29O4P/c1-13(2)16-11-18(14(3)4)21(19(12-16)15(5)6)17-9-7-8-10-20(17)25-26(22,23)24/h7-15H,1-6H3,(H2,22,23,24). The van der Waals surface area contributed by atoms with Gasteiger partial charge in [0.15, 0.2) is 0 Å². The molecule has 0 fully saturated rings. The van der Waals surface area contributed by atoms with Gasteiger partial charge < -0.3 is 4.52 Å². The van der Waals surface area contributed by atoms with Gasteiger partial charge in [-0.1, -0.05) is 71.9 Å². The molecule has 2 aromatic carbocycles. The molecule has 0 amide bonds. The quantitative estimate of drug-likeness (QED) is 0.590. The smallest absolute Gasteiger partial charge is 0.404 e. The Kier molecular flexibility index (Phi) is 6.33. The van der Waals surface area contributed by atoms with Crippen LogP contribution in [0.15, 0.2) is 36.4 Å². The Hall–Kier alpha value is -1.61. The van der Waals surface area contributed by atoms with Gasteiger partial charge in [0.1, 0.15) is 5.75 Å². The van der Waals surface area contributed by atoms with Gasteiger partial charge in [-0.15, -0.1) is 0 Å². The van der Waals surface area contributed by atoms with E-state index in [2.05, 4.69) is 53.7 Å². The molecule has 0 aliphatic rings. The molecular formula is C21H29O4P. The fourth-order valence-electron chi connectivity index (χ4n) is 3.15. The van der Waals surface area contributed by atoms with E-state index in [0.29, 0.717) is 5.92 Å². The van der Waals surface area contributed by atoms with Crippen molar-refractivity contribution in [1.82, 2.24) is 0 Å². The molecule has 4 nitrogen and oxygen atoms in total. The summed E-state index contributed by atoms with van der Waals surface area (Å²) in [5.41, 5.74) is 5.35. The zero-order valence-electron chi connectivity index (χ0n) is 16.4. The van der Waals surface area contributed by atoms with Gasteiger partial charge >= 0.3 is 7.82 Å². The zero-order chi connectivity index (χ0) is 19.6. The van der Waals surface area contributed by atoms with Crippen molar-refractivity contribution in [2.24, 2.45) is 0 Å². The molecule has 2 N–H and O–H groups in total. The third-order valence-electron chi connectivity index (χ3n) is 4.51. The van der Waals surface area contributed by atoms with Gasteiger partial charge in [0.05, 0.1) is 0 Å². The summed E-state index contributed by atoms with van der Waals surface area (Å²) in [4.78, 5) is 18.6. The van der Waals surface area contributed by atoms with Crippen LogP contribution < -0.4 is 4.52 Å². The lowest BCUT2D eigenvalue weighted by Gasteiger charge is -2.24. The van der Waals surface area contributed by atoms with Crippen LogP contribution in [0.3, 0.4) is 0 Å². The first-order chi connectivity index (χ1) is 12.0. The van der Waals surface area contributed by atoms with E-state index in [0.717, 1.165) is 11.1 Å². The van der Waals surface area contributed by atoms with Gasteiger partial charge in [-0.05, 0) is 46.1 Å². The maximum absolute atomic E-state index is 11.4. The molecule has 0 heterocycles. The zero-order valence-corrected chi connectivity index (χ0v) is 17.2. The molecule has 2 rings (SSSR count). The fourth-order valence-corrected chi connectivity index (χ4v) is 3.56. The lowest BCUT2D eigenvalue weighted by molar-refractivity contribution is 0.283. The van der Waals surface area contributed by atoms with Gasteiger partial charge in [0.25, 0.3) is 0 Å². The lowest BCUT2D eigenvalue weighted by atomic mass is 9.81. The van der Waals surface area contributed by atoms with Crippen molar-refractivity contribution in [3.05, 3.63) is 53.1 Å². The number of phosphoric ester groups is 1. The number of hydrogen-bond donors (Lipinski definition) is 2. The second-order valence-corrected chi connectivity index (χ2v) is 8.78. The van der Waals surface area contributed by atoms with Gasteiger partial charge in [-0.2, -0.15) is 0 Å². The minimum Gasteiger partial charge on any atom is -0.404 e. The molecule has 0 aliphatic heterocycles. The Morgan fingerprint density at radius 2 is 1.35 bits per heavy atom. The monoisotopic (exact) mass is 376 g/mol. The van der Waals surface area contributed by atoms with Crippen molar-refractivity contribution < 1.29 is 18.9 Å². The van der Waals surface area contributed by atoms with Crippen molar-refractivity contribution in [2.75, 3.05) is 0 Å². The van der Waals surface area contributed by atoms with Crippen LogP contribution in [-0.4, -0.2) is 9.79 Å². The number of benzene rings is 2. The summed E-state index contributed by atoms with van der Waals surface area (Å²) in [6, 6.07) is 11.5. The maximum atomic E-state index is 11.4. The first kappa shape index (κ1) is 20.7. The molecule has 0 radical (unpaired) electrons. The van der Waals surface area contributed by atoms with Gasteiger partial charge in [0.2, 0.25) is 0 Å². The van der Waals surface area contributed by atoms with Crippen LogP contribution in [0, 0.1) is 0 Å². The summed E-state index contributed by atoms with van der Waals surface area (Å²) in [5, 5.41) is 0. The molecule has 0 saturated heterocycles. The van der Waals surface area contributed by atoms with Crippen LogP contribution in [0.4, 0.5) is 0 Å². The minimum absolute atomic E-state index is 0.210. The van der Waals surface area contributed by atoms with E-state index in [9.17, 15) is 14.4 Å². The number of phosphoric acid groups is 1. The van der Waals surface area contributed by atoms with E-state index in [-0.39, 0.29) is 17.6 Å². The van der Waals surface area contributed by atoms with E-state index < -0.39 is 7.82 Å². The second kappa shape index (κ2) is 7.96. The largest absolute Gasteiger partial charge is 0.524 e. The third kappa shape index (κ3) is 4.76. The minimum atomic E-state index is -4.64. The summed E-state index contributed by atoms with van der Waals surface area (Å²) < 4.78 is 16.4. The molecular weight excluding hydrogens is 347 g/mol. The van der Waals surface area contributed by atoms with E-state index in [4.69, 9.17) is 4.52 Å². The van der Waals surface area contributed by atoms with Crippen molar-refractivity contribution in [2.45, 2.75) is 59.3 Å². The van der Waals surface area contributed by atoms with Gasteiger partial charge in [0, 0.05) is 5.56 Å². The first-order valence-corrected chi connectivity index (χ1v) is 10.6. The van der Waals surface area contributed by atoms with Crippen LogP contribution >= 0.6 is 7.82 Å². The Morgan fingerprint density at radius 1 is 0.846 bits per heavy atom. The molecule has 142 valence electrons. The maximum Gasteiger partial charge on any atom is 0.524 e. The van der Waals surface area contributed by atoms with Crippen LogP contribution in [0.2, 0.25) is 0 Å². The topological polar surface area (TPSA) is 66.8 Å². The molecule has 5 heteroatoms. The Balaban J connectivity index is 2.83. The van der Waals surface area contributed by atoms with E-state index in [1.807, 2.05) is 12.1 Å². The number of para-hydroxylation sites is 1. The highest BCUT2D eigenvalue weighted by Gasteiger charge is 2.24. The summed E-state index contributed by atoms with van der Waals surface area (Å²) >= 11 is 0. The number of hydrogen-bond acceptors (Lipinski definition) is 2. The highest BCUT2D eigenvalue weighted by Crippen LogP contribution is 2.46. The SMILES string of the molecule is CC(C)c1cc(C(C)C)c(-c2ccccc2OP(=O)(O)O)c(C(C)C)c1. The molecule has 0 aliphatic carbocycles. The Morgan fingerprint density at radius 3 is 1.77 bits per heavy atom. The highest BCUT2D eigenvalue weighted by atomic mass is 31.2. The van der Waals surface area contributed by atoms with E-state index in [1.165, 1.54) is 16.7 Å². The normalized spacial score (nSPS) is 12.3. The summed E-state index contributed by atoms with van der Waals surface area (Å²) in [6.45, 7) is 12.9. The van der Waals surface area contributed by atoms with Crippen LogP contribution in [-0.2, 0) is 4.57 Å². The predicted molar refractivity (Wildman–Crippen MR) is 107 cm³/mol. The first-order valence-electron chi connectivity index (χ1n) is 9.03. The Bertz CT molecular complexity index is 790. The molecule has 0 bridgehead atoms. The second-order valence-electron chi connectivity index (χ2n) is 7.62. The predicted octanol–water partition coefficient (Wildman–Crippen LogP) is 6.20. The summed E-state index contributed by atoms with van der Waals surface area (Å²) in [5.74, 6) is 1.15. The Labute approximate surface area is 156 Å². The summed E-state index contributed by atoms with van der Waals surface area (Å²) in [6.07, 6.45) is 0. The van der Waals surface area contributed by atoms with Crippen molar-refractivity contribution in [1.29, 1.82) is 0 Å². The van der Waals surface area contributed by atoms with Crippen molar-refractivity contribution in [3.63, 3.8) is 0 Å². The van der Waals surface area contributed by atoms with Crippen LogP contribution in [0.5, 0.6) is 5.75 Å². The van der Waals surface area contributed by atoms with E-state index in [1.54, 1.807) is 12.1 Å². The van der Waals surface area contributed by atoms with Crippen LogP contribution in [0.25, 0.3) is 11.1 Å². The average molecular weight is 376 g/mol. The van der Waals surface area contributed by atoms with Crippen molar-refractivity contribution >= 4 is 7.82 Å². The summed E-state index contributed by atoms with van der Waals surface area (Å²) in [7, 11) is -4.64. The van der Waals surface area contributed by atoms with Crippen LogP contribution in [0.1, 0.15) is 76.0 Å². The molecule has 0 saturated carbocycles. The molecule has 0 aromatic heterocycles. The van der Waals surface area contributed by atoms with Gasteiger partial charge in [-0.3, -0.25) is 9.79 Å². The molecule has 26 heavy (non-hydrogen) atoms. The lowest BCUT2D eigenvalue weighted by Crippen LogP contribution is -2.04. The molecule has 0 atom stereocenters. The molecule has 0 unspecified atom stereocenters. The highest BCUT2D eigenvalue weighted by molar-refractivity contribution is 7.46. The third-order valence-corrected chi connectivity index (χ3v) is 4.94. The number of rotatable bonds is 6. The molecule has 2 aromatic rings. The average Bonchev–Trinajstić information content (AvgIpc) is 2.52. The van der Waals surface area contributed by atoms with Gasteiger partial charge in [-0.25, -0.2) is 4.57 Å². The van der Waals surface area contributed by atoms with Crippen molar-refractivity contribution in [3.8, 4) is 16.9 Å². The van der Waals surface area contributed by atoms with E-state index >= 15 is 0 Å². The fraction of sp³-hybridized carbons (Fsp3) is 0.429.